The van der Waals surface area contributed by atoms with Gasteiger partial charge in [0.1, 0.15) is 0 Å². The fourth-order valence-corrected chi connectivity index (χ4v) is 3.92. The lowest BCUT2D eigenvalue weighted by atomic mass is 9.77. The van der Waals surface area contributed by atoms with Crippen molar-refractivity contribution in [2.75, 3.05) is 0 Å². The van der Waals surface area contributed by atoms with Crippen molar-refractivity contribution in [3.8, 4) is 5.75 Å². The van der Waals surface area contributed by atoms with E-state index in [0.717, 1.165) is 11.3 Å². The van der Waals surface area contributed by atoms with E-state index in [9.17, 15) is 13.2 Å². The van der Waals surface area contributed by atoms with E-state index >= 15 is 0 Å². The Kier molecular flexibility index (Phi) is 5.32. The van der Waals surface area contributed by atoms with E-state index in [0.29, 0.717) is 11.3 Å². The van der Waals surface area contributed by atoms with Gasteiger partial charge in [-0.05, 0) is 54.5 Å². The molecule has 1 fully saturated rings. The molecule has 0 aliphatic heterocycles. The monoisotopic (exact) mass is 336 g/mol. The average Bonchev–Trinajstić information content (AvgIpc) is 2.58. The molecule has 0 aromatic heterocycles. The third-order valence-corrected chi connectivity index (χ3v) is 5.17. The fraction of sp³-hybridized carbons (Fsp3) is 0.500. The van der Waals surface area contributed by atoms with Crippen LogP contribution in [0.3, 0.4) is 0 Å². The maximum atomic E-state index is 14.3. The van der Waals surface area contributed by atoms with Crippen LogP contribution in [-0.2, 0) is 0 Å². The molecule has 0 spiro atoms. The molecule has 1 saturated carbocycles. The number of rotatable bonds is 5. The van der Waals surface area contributed by atoms with Crippen molar-refractivity contribution in [2.24, 2.45) is 5.92 Å². The van der Waals surface area contributed by atoms with E-state index in [1.165, 1.54) is 50.2 Å². The number of hydrogen-bond acceptors (Lipinski definition) is 1. The van der Waals surface area contributed by atoms with Crippen molar-refractivity contribution in [1.82, 2.24) is 0 Å². The summed E-state index contributed by atoms with van der Waals surface area (Å²) in [7, 11) is 0. The Morgan fingerprint density at radius 3 is 2.50 bits per heavy atom. The zero-order chi connectivity index (χ0) is 17.1. The molecule has 130 valence electrons. The van der Waals surface area contributed by atoms with Gasteiger partial charge in [-0.2, -0.15) is 8.78 Å². The van der Waals surface area contributed by atoms with Gasteiger partial charge in [0.15, 0.2) is 11.6 Å². The normalized spacial score (nSPS) is 21.4. The van der Waals surface area contributed by atoms with Crippen molar-refractivity contribution in [3.63, 3.8) is 0 Å². The fourth-order valence-electron chi connectivity index (χ4n) is 3.92. The zero-order valence-corrected chi connectivity index (χ0v) is 13.9. The molecule has 24 heavy (non-hydrogen) atoms. The van der Waals surface area contributed by atoms with Gasteiger partial charge < -0.3 is 4.74 Å². The molecule has 1 nitrogen and oxygen atoms in total. The molecular weight excluding hydrogens is 313 g/mol. The van der Waals surface area contributed by atoms with Gasteiger partial charge in [0.25, 0.3) is 0 Å². The molecular formula is C20H23F3O. The van der Waals surface area contributed by atoms with Gasteiger partial charge >= 0.3 is 6.61 Å². The lowest BCUT2D eigenvalue weighted by Crippen LogP contribution is -2.13. The molecule has 0 atom stereocenters. The third-order valence-electron chi connectivity index (χ3n) is 5.17. The van der Waals surface area contributed by atoms with Gasteiger partial charge in [-0.25, -0.2) is 4.39 Å². The molecule has 0 heterocycles. The van der Waals surface area contributed by atoms with E-state index in [2.05, 4.69) is 11.7 Å². The average molecular weight is 336 g/mol. The molecule has 1 aliphatic rings. The topological polar surface area (TPSA) is 9.23 Å². The second kappa shape index (κ2) is 7.45. The third kappa shape index (κ3) is 3.68. The second-order valence-corrected chi connectivity index (χ2v) is 6.74. The summed E-state index contributed by atoms with van der Waals surface area (Å²) in [4.78, 5) is 0. The Balaban J connectivity index is 1.80. The van der Waals surface area contributed by atoms with Crippen molar-refractivity contribution >= 4 is 10.8 Å². The minimum Gasteiger partial charge on any atom is -0.432 e. The Morgan fingerprint density at radius 2 is 1.83 bits per heavy atom. The lowest BCUT2D eigenvalue weighted by molar-refractivity contribution is -0.0520. The van der Waals surface area contributed by atoms with E-state index in [1.807, 2.05) is 12.1 Å². The molecule has 0 amide bonds. The highest BCUT2D eigenvalue weighted by Crippen LogP contribution is 2.39. The predicted octanol–water partition coefficient (Wildman–Crippen LogP) is 6.65. The minimum atomic E-state index is -3.02. The molecule has 0 N–H and O–H groups in total. The van der Waals surface area contributed by atoms with Crippen LogP contribution in [0.5, 0.6) is 5.75 Å². The summed E-state index contributed by atoms with van der Waals surface area (Å²) in [5, 5.41) is 1.07. The number of hydrogen-bond donors (Lipinski definition) is 0. The van der Waals surface area contributed by atoms with Crippen LogP contribution in [-0.4, -0.2) is 6.61 Å². The molecule has 0 radical (unpaired) electrons. The highest BCUT2D eigenvalue weighted by Gasteiger charge is 2.22. The first-order valence-corrected chi connectivity index (χ1v) is 8.75. The number of halogens is 3. The largest absolute Gasteiger partial charge is 0.432 e. The van der Waals surface area contributed by atoms with Crippen LogP contribution < -0.4 is 4.74 Å². The van der Waals surface area contributed by atoms with E-state index in [-0.39, 0.29) is 0 Å². The summed E-state index contributed by atoms with van der Waals surface area (Å²) < 4.78 is 43.1. The molecule has 0 unspecified atom stereocenters. The quantitative estimate of drug-likeness (QED) is 0.593. The number of alkyl halides is 2. The summed E-state index contributed by atoms with van der Waals surface area (Å²) in [6.45, 7) is -0.787. The molecule has 0 saturated heterocycles. The molecule has 0 bridgehead atoms. The summed E-state index contributed by atoms with van der Waals surface area (Å²) in [6, 6.07) is 8.56. The standard InChI is InChI=1S/C20H23F3O/c1-2-3-13-4-6-14(7-5-13)15-8-10-17-16(12-15)9-11-18(19(17)21)24-20(22)23/h8-14,20H,2-7H2,1H3. The predicted molar refractivity (Wildman–Crippen MR) is 90.1 cm³/mol. The molecule has 4 heteroatoms. The van der Waals surface area contributed by atoms with E-state index < -0.39 is 18.2 Å². The first-order valence-electron chi connectivity index (χ1n) is 8.75. The number of fused-ring (bicyclic) bond motifs is 1. The Hall–Kier alpha value is -1.71. The van der Waals surface area contributed by atoms with Gasteiger partial charge in [-0.15, -0.1) is 0 Å². The maximum Gasteiger partial charge on any atom is 0.387 e. The van der Waals surface area contributed by atoms with Crippen LogP contribution in [0.15, 0.2) is 30.3 Å². The van der Waals surface area contributed by atoms with Crippen LogP contribution in [0.25, 0.3) is 10.8 Å². The smallest absolute Gasteiger partial charge is 0.387 e. The van der Waals surface area contributed by atoms with Crippen LogP contribution in [0.4, 0.5) is 13.2 Å². The first-order chi connectivity index (χ1) is 11.6. The Labute approximate surface area is 140 Å². The first kappa shape index (κ1) is 17.1. The zero-order valence-electron chi connectivity index (χ0n) is 13.9. The summed E-state index contributed by atoms with van der Waals surface area (Å²) >= 11 is 0. The maximum absolute atomic E-state index is 14.3. The molecule has 1 aliphatic carbocycles. The Morgan fingerprint density at radius 1 is 1.08 bits per heavy atom. The Bertz CT molecular complexity index is 691. The highest BCUT2D eigenvalue weighted by molar-refractivity contribution is 5.85. The van der Waals surface area contributed by atoms with Crippen LogP contribution in [0.2, 0.25) is 0 Å². The number of benzene rings is 2. The summed E-state index contributed by atoms with van der Waals surface area (Å²) in [6.07, 6.45) is 7.41. The van der Waals surface area contributed by atoms with Crippen molar-refractivity contribution in [3.05, 3.63) is 41.7 Å². The van der Waals surface area contributed by atoms with Crippen molar-refractivity contribution in [1.29, 1.82) is 0 Å². The lowest BCUT2D eigenvalue weighted by Gasteiger charge is -2.28. The van der Waals surface area contributed by atoms with E-state index in [1.54, 1.807) is 12.1 Å². The van der Waals surface area contributed by atoms with Gasteiger partial charge in [0.05, 0.1) is 0 Å². The highest BCUT2D eigenvalue weighted by atomic mass is 19.3. The van der Waals surface area contributed by atoms with Crippen LogP contribution in [0.1, 0.15) is 56.9 Å². The van der Waals surface area contributed by atoms with Gasteiger partial charge in [-0.3, -0.25) is 0 Å². The summed E-state index contributed by atoms with van der Waals surface area (Å²) in [5.74, 6) is 0.247. The second-order valence-electron chi connectivity index (χ2n) is 6.74. The van der Waals surface area contributed by atoms with Crippen molar-refractivity contribution in [2.45, 2.75) is 58.0 Å². The number of ether oxygens (including phenoxy) is 1. The van der Waals surface area contributed by atoms with Crippen LogP contribution >= 0.6 is 0 Å². The van der Waals surface area contributed by atoms with E-state index in [4.69, 9.17) is 0 Å². The van der Waals surface area contributed by atoms with Crippen LogP contribution in [0, 0.1) is 11.7 Å². The minimum absolute atomic E-state index is 0.330. The van der Waals surface area contributed by atoms with Gasteiger partial charge in [-0.1, -0.05) is 44.0 Å². The SMILES string of the molecule is CCCC1CCC(c2ccc3c(F)c(OC(F)F)ccc3c2)CC1. The molecule has 2 aromatic rings. The molecule has 2 aromatic carbocycles. The van der Waals surface area contributed by atoms with Gasteiger partial charge in [0, 0.05) is 5.39 Å². The van der Waals surface area contributed by atoms with Crippen molar-refractivity contribution < 1.29 is 17.9 Å². The van der Waals surface area contributed by atoms with Gasteiger partial charge in [0.2, 0.25) is 0 Å². The molecule has 3 rings (SSSR count). The summed E-state index contributed by atoms with van der Waals surface area (Å²) in [5.41, 5.74) is 1.22.